The van der Waals surface area contributed by atoms with Crippen LogP contribution < -0.4 is 0 Å². The highest BCUT2D eigenvalue weighted by atomic mass is 32.2. The molecule has 1 saturated heterocycles. The summed E-state index contributed by atoms with van der Waals surface area (Å²) in [5.41, 5.74) is 2.13. The molecule has 108 valence electrons. The standard InChI is InChI=1S/C14H13N3O2S2/c15-6-9-2-1-3-11-13(9)16-14(21-8-12(18)19)17(11)10-4-5-20-7-10/h1-3,10H,4-5,7-8H2,(H,18,19). The van der Waals surface area contributed by atoms with Crippen LogP contribution >= 0.6 is 23.5 Å². The van der Waals surface area contributed by atoms with Gasteiger partial charge in [0.05, 0.1) is 16.8 Å². The van der Waals surface area contributed by atoms with E-state index in [0.29, 0.717) is 22.3 Å². The topological polar surface area (TPSA) is 78.9 Å². The fourth-order valence-electron chi connectivity index (χ4n) is 2.49. The number of carboxylic acids is 1. The van der Waals surface area contributed by atoms with E-state index in [1.165, 1.54) is 11.8 Å². The van der Waals surface area contributed by atoms with Gasteiger partial charge in [-0.3, -0.25) is 4.79 Å². The first-order valence-electron chi connectivity index (χ1n) is 6.54. The lowest BCUT2D eigenvalue weighted by molar-refractivity contribution is -0.133. The van der Waals surface area contributed by atoms with Crippen molar-refractivity contribution in [3.8, 4) is 6.07 Å². The van der Waals surface area contributed by atoms with Crippen LogP contribution in [0, 0.1) is 11.3 Å². The zero-order chi connectivity index (χ0) is 14.8. The van der Waals surface area contributed by atoms with E-state index in [4.69, 9.17) is 5.11 Å². The van der Waals surface area contributed by atoms with Crippen molar-refractivity contribution in [3.05, 3.63) is 23.8 Å². The molecule has 1 aromatic carbocycles. The Hall–Kier alpha value is -1.65. The van der Waals surface area contributed by atoms with Crippen molar-refractivity contribution >= 4 is 40.5 Å². The van der Waals surface area contributed by atoms with Crippen LogP contribution in [-0.4, -0.2) is 37.9 Å². The molecule has 3 rings (SSSR count). The number of imidazole rings is 1. The van der Waals surface area contributed by atoms with E-state index in [2.05, 4.69) is 15.6 Å². The molecular formula is C14H13N3O2S2. The zero-order valence-corrected chi connectivity index (χ0v) is 12.8. The van der Waals surface area contributed by atoms with Gasteiger partial charge in [0.1, 0.15) is 11.6 Å². The Bertz CT molecular complexity index is 730. The molecule has 1 atom stereocenters. The van der Waals surface area contributed by atoms with Gasteiger partial charge in [0.2, 0.25) is 0 Å². The second kappa shape index (κ2) is 6.00. The van der Waals surface area contributed by atoms with Crippen LogP contribution in [0.5, 0.6) is 0 Å². The van der Waals surface area contributed by atoms with Crippen LogP contribution in [0.15, 0.2) is 23.4 Å². The number of carbonyl (C=O) groups is 1. The second-order valence-corrected chi connectivity index (χ2v) is 6.84. The lowest BCUT2D eigenvalue weighted by Crippen LogP contribution is -2.10. The first-order chi connectivity index (χ1) is 10.2. The molecule has 5 nitrogen and oxygen atoms in total. The van der Waals surface area contributed by atoms with Gasteiger partial charge in [-0.15, -0.1) is 0 Å². The molecule has 7 heteroatoms. The zero-order valence-electron chi connectivity index (χ0n) is 11.2. The summed E-state index contributed by atoms with van der Waals surface area (Å²) in [6.07, 6.45) is 1.05. The summed E-state index contributed by atoms with van der Waals surface area (Å²) >= 11 is 3.11. The Morgan fingerprint density at radius 2 is 2.48 bits per heavy atom. The molecule has 1 aliphatic heterocycles. The van der Waals surface area contributed by atoms with Crippen LogP contribution in [-0.2, 0) is 4.79 Å². The quantitative estimate of drug-likeness (QED) is 0.873. The first-order valence-corrected chi connectivity index (χ1v) is 8.68. The highest BCUT2D eigenvalue weighted by molar-refractivity contribution is 8.00. The van der Waals surface area contributed by atoms with Crippen molar-refractivity contribution in [1.82, 2.24) is 9.55 Å². The highest BCUT2D eigenvalue weighted by Gasteiger charge is 2.24. The molecule has 0 bridgehead atoms. The van der Waals surface area contributed by atoms with Crippen molar-refractivity contribution in [2.75, 3.05) is 17.3 Å². The molecule has 2 aromatic rings. The van der Waals surface area contributed by atoms with E-state index in [-0.39, 0.29) is 5.75 Å². The number of rotatable bonds is 4. The lowest BCUT2D eigenvalue weighted by atomic mass is 10.2. The number of hydrogen-bond donors (Lipinski definition) is 1. The first kappa shape index (κ1) is 14.3. The maximum absolute atomic E-state index is 10.8. The van der Waals surface area contributed by atoms with E-state index in [9.17, 15) is 10.1 Å². The van der Waals surface area contributed by atoms with E-state index in [1.807, 2.05) is 23.9 Å². The number of hydrogen-bond acceptors (Lipinski definition) is 5. The molecule has 1 N–H and O–H groups in total. The van der Waals surface area contributed by atoms with Gasteiger partial charge in [0.15, 0.2) is 5.16 Å². The lowest BCUT2D eigenvalue weighted by Gasteiger charge is -2.14. The van der Waals surface area contributed by atoms with E-state index in [0.717, 1.165) is 23.4 Å². The number of thioether (sulfide) groups is 2. The largest absolute Gasteiger partial charge is 0.481 e. The number of nitrogens with zero attached hydrogens (tertiary/aromatic N) is 3. The number of para-hydroxylation sites is 1. The van der Waals surface area contributed by atoms with E-state index >= 15 is 0 Å². The molecule has 0 radical (unpaired) electrons. The van der Waals surface area contributed by atoms with Crippen LogP contribution in [0.3, 0.4) is 0 Å². The van der Waals surface area contributed by atoms with Crippen molar-refractivity contribution in [3.63, 3.8) is 0 Å². The number of carboxylic acid groups (broad SMARTS) is 1. The maximum atomic E-state index is 10.8. The van der Waals surface area contributed by atoms with Gasteiger partial charge in [-0.25, -0.2) is 4.98 Å². The molecule has 0 saturated carbocycles. The van der Waals surface area contributed by atoms with Crippen LogP contribution in [0.2, 0.25) is 0 Å². The normalized spacial score (nSPS) is 18.0. The smallest absolute Gasteiger partial charge is 0.313 e. The highest BCUT2D eigenvalue weighted by Crippen LogP contribution is 2.35. The van der Waals surface area contributed by atoms with Gasteiger partial charge in [0, 0.05) is 11.8 Å². The van der Waals surface area contributed by atoms with Gasteiger partial charge in [-0.2, -0.15) is 17.0 Å². The monoisotopic (exact) mass is 319 g/mol. The molecule has 0 amide bonds. The van der Waals surface area contributed by atoms with Crippen LogP contribution in [0.25, 0.3) is 11.0 Å². The average Bonchev–Trinajstić information content (AvgIpc) is 3.10. The maximum Gasteiger partial charge on any atom is 0.313 e. The summed E-state index contributed by atoms with van der Waals surface area (Å²) in [6.45, 7) is 0. The Labute approximate surface area is 130 Å². The predicted octanol–water partition coefficient (Wildman–Crippen LogP) is 2.76. The third-order valence-electron chi connectivity index (χ3n) is 3.40. The fraction of sp³-hybridized carbons (Fsp3) is 0.357. The summed E-state index contributed by atoms with van der Waals surface area (Å²) in [7, 11) is 0. The fourth-order valence-corrected chi connectivity index (χ4v) is 4.48. The summed E-state index contributed by atoms with van der Waals surface area (Å²) in [5, 5.41) is 18.8. The van der Waals surface area contributed by atoms with Gasteiger partial charge in [-0.1, -0.05) is 17.8 Å². The number of nitriles is 1. The molecule has 0 aliphatic carbocycles. The minimum atomic E-state index is -0.861. The molecule has 21 heavy (non-hydrogen) atoms. The molecule has 1 unspecified atom stereocenters. The summed E-state index contributed by atoms with van der Waals surface area (Å²) < 4.78 is 2.11. The van der Waals surface area contributed by atoms with E-state index < -0.39 is 5.97 Å². The number of aliphatic carboxylic acids is 1. The second-order valence-electron chi connectivity index (χ2n) is 4.75. The molecule has 2 heterocycles. The molecule has 1 fully saturated rings. The minimum Gasteiger partial charge on any atom is -0.481 e. The van der Waals surface area contributed by atoms with Gasteiger partial charge in [0.25, 0.3) is 0 Å². The summed E-state index contributed by atoms with van der Waals surface area (Å²) in [4.78, 5) is 15.4. The van der Waals surface area contributed by atoms with Crippen LogP contribution in [0.4, 0.5) is 0 Å². The Morgan fingerprint density at radius 1 is 1.62 bits per heavy atom. The number of fused-ring (bicyclic) bond motifs is 1. The van der Waals surface area contributed by atoms with Crippen molar-refractivity contribution in [1.29, 1.82) is 5.26 Å². The Balaban J connectivity index is 2.12. The van der Waals surface area contributed by atoms with Gasteiger partial charge < -0.3 is 9.67 Å². The van der Waals surface area contributed by atoms with Crippen molar-refractivity contribution < 1.29 is 9.90 Å². The number of aromatic nitrogens is 2. The van der Waals surface area contributed by atoms with Crippen molar-refractivity contribution in [2.45, 2.75) is 17.6 Å². The minimum absolute atomic E-state index is 0.0227. The van der Waals surface area contributed by atoms with Crippen LogP contribution in [0.1, 0.15) is 18.0 Å². The van der Waals surface area contributed by atoms with Gasteiger partial charge >= 0.3 is 5.97 Å². The number of benzene rings is 1. The van der Waals surface area contributed by atoms with Crippen molar-refractivity contribution in [2.24, 2.45) is 0 Å². The molecular weight excluding hydrogens is 306 g/mol. The molecule has 1 aromatic heterocycles. The SMILES string of the molecule is N#Cc1cccc2c1nc(SCC(=O)O)n2C1CCSC1. The Morgan fingerprint density at radius 3 is 3.14 bits per heavy atom. The summed E-state index contributed by atoms with van der Waals surface area (Å²) in [6, 6.07) is 8.04. The third kappa shape index (κ3) is 2.74. The molecule has 0 spiro atoms. The van der Waals surface area contributed by atoms with Gasteiger partial charge in [-0.05, 0) is 24.3 Å². The average molecular weight is 319 g/mol. The third-order valence-corrected chi connectivity index (χ3v) is 5.49. The summed E-state index contributed by atoms with van der Waals surface area (Å²) in [5.74, 6) is 1.22. The predicted molar refractivity (Wildman–Crippen MR) is 83.8 cm³/mol. The Kier molecular flexibility index (Phi) is 4.08. The van der Waals surface area contributed by atoms with E-state index in [1.54, 1.807) is 6.07 Å². The molecule has 1 aliphatic rings.